The highest BCUT2D eigenvalue weighted by atomic mass is 35.5. The Kier molecular flexibility index (Phi) is 5.76. The maximum absolute atomic E-state index is 13.3. The second kappa shape index (κ2) is 8.77. The molecule has 1 aliphatic rings. The van der Waals surface area contributed by atoms with Gasteiger partial charge in [-0.2, -0.15) is 0 Å². The molecule has 4 aromatic rings. The molecule has 0 aliphatic carbocycles. The molecule has 0 spiro atoms. The average molecular weight is 522 g/mol. The Bertz CT molecular complexity index is 1640. The van der Waals surface area contributed by atoms with Gasteiger partial charge in [0.25, 0.3) is 21.8 Å². The first-order valence-electron chi connectivity index (χ1n) is 10.3. The van der Waals surface area contributed by atoms with Crippen molar-refractivity contribution in [1.82, 2.24) is 9.29 Å². The highest BCUT2D eigenvalue weighted by Crippen LogP contribution is 2.29. The van der Waals surface area contributed by atoms with Crippen molar-refractivity contribution in [2.45, 2.75) is 4.90 Å². The van der Waals surface area contributed by atoms with Crippen LogP contribution < -0.4 is 10.2 Å². The number of para-hydroxylation sites is 1. The fraction of sp³-hybridized carbons (Fsp3) is 0. The standard InChI is InChI=1S/C25H16ClN3O4S2/c26-17-10-12-18(13-11-17)29-24(31)21(23(30)27-25(29)34)14-16-15-28(22-9-5-4-8-20(16)22)35(32,33)19-6-2-1-3-7-19/h1-15H,(H,27,30,34)/b21-14+. The third-order valence-corrected chi connectivity index (χ3v) is 7.72. The molecule has 0 saturated carbocycles. The van der Waals surface area contributed by atoms with Gasteiger partial charge in [-0.05, 0) is 60.8 Å². The summed E-state index contributed by atoms with van der Waals surface area (Å²) < 4.78 is 27.8. The van der Waals surface area contributed by atoms with Gasteiger partial charge in [-0.25, -0.2) is 12.4 Å². The molecule has 1 aliphatic heterocycles. The summed E-state index contributed by atoms with van der Waals surface area (Å²) in [6, 6.07) is 21.3. The third kappa shape index (κ3) is 4.03. The van der Waals surface area contributed by atoms with E-state index in [4.69, 9.17) is 23.8 Å². The van der Waals surface area contributed by atoms with Gasteiger partial charge in [0.1, 0.15) is 5.57 Å². The lowest BCUT2D eigenvalue weighted by molar-refractivity contribution is -0.122. The van der Waals surface area contributed by atoms with Gasteiger partial charge >= 0.3 is 0 Å². The number of carbonyl (C=O) groups excluding carboxylic acids is 2. The zero-order valence-corrected chi connectivity index (χ0v) is 20.3. The first-order valence-corrected chi connectivity index (χ1v) is 12.6. The monoisotopic (exact) mass is 521 g/mol. The predicted molar refractivity (Wildman–Crippen MR) is 139 cm³/mol. The zero-order chi connectivity index (χ0) is 24.7. The molecule has 5 rings (SSSR count). The van der Waals surface area contributed by atoms with Gasteiger partial charge in [-0.15, -0.1) is 0 Å². The highest BCUT2D eigenvalue weighted by Gasteiger charge is 2.35. The van der Waals surface area contributed by atoms with Crippen molar-refractivity contribution in [2.24, 2.45) is 0 Å². The Hall–Kier alpha value is -3.79. The number of benzene rings is 3. The van der Waals surface area contributed by atoms with Crippen LogP contribution in [0.3, 0.4) is 0 Å². The molecule has 1 saturated heterocycles. The van der Waals surface area contributed by atoms with Crippen LogP contribution >= 0.6 is 23.8 Å². The summed E-state index contributed by atoms with van der Waals surface area (Å²) in [5.41, 5.74) is 1.05. The maximum Gasteiger partial charge on any atom is 0.270 e. The Morgan fingerprint density at radius 2 is 1.54 bits per heavy atom. The highest BCUT2D eigenvalue weighted by molar-refractivity contribution is 7.90. The Morgan fingerprint density at radius 3 is 2.26 bits per heavy atom. The average Bonchev–Trinajstić information content (AvgIpc) is 3.23. The van der Waals surface area contributed by atoms with E-state index in [0.29, 0.717) is 27.2 Å². The molecule has 35 heavy (non-hydrogen) atoms. The number of anilines is 1. The second-order valence-corrected chi connectivity index (χ2v) is 10.3. The molecule has 0 bridgehead atoms. The number of hydrogen-bond donors (Lipinski definition) is 1. The Morgan fingerprint density at radius 1 is 0.886 bits per heavy atom. The number of fused-ring (bicyclic) bond motifs is 1. The predicted octanol–water partition coefficient (Wildman–Crippen LogP) is 4.36. The summed E-state index contributed by atoms with van der Waals surface area (Å²) in [7, 11) is -3.92. The number of nitrogens with one attached hydrogen (secondary N) is 1. The number of nitrogens with zero attached hydrogens (tertiary/aromatic N) is 2. The summed E-state index contributed by atoms with van der Waals surface area (Å²) in [4.78, 5) is 27.4. The van der Waals surface area contributed by atoms with Crippen LogP contribution in [0.25, 0.3) is 17.0 Å². The maximum atomic E-state index is 13.3. The Labute approximate surface area is 211 Å². The molecule has 2 amide bonds. The van der Waals surface area contributed by atoms with Crippen LogP contribution in [-0.2, 0) is 19.6 Å². The van der Waals surface area contributed by atoms with Crippen LogP contribution in [0.1, 0.15) is 5.56 Å². The van der Waals surface area contributed by atoms with Gasteiger partial charge in [0.2, 0.25) is 0 Å². The topological polar surface area (TPSA) is 88.5 Å². The van der Waals surface area contributed by atoms with Gasteiger partial charge in [-0.3, -0.25) is 19.8 Å². The van der Waals surface area contributed by atoms with Crippen LogP contribution in [0.5, 0.6) is 0 Å². The van der Waals surface area contributed by atoms with Crippen molar-refractivity contribution in [3.63, 3.8) is 0 Å². The van der Waals surface area contributed by atoms with E-state index < -0.39 is 21.8 Å². The van der Waals surface area contributed by atoms with Crippen LogP contribution in [0, 0.1) is 0 Å². The van der Waals surface area contributed by atoms with Gasteiger partial charge in [0.15, 0.2) is 5.11 Å². The quantitative estimate of drug-likeness (QED) is 0.245. The third-order valence-electron chi connectivity index (χ3n) is 5.50. The van der Waals surface area contributed by atoms with Crippen molar-refractivity contribution < 1.29 is 18.0 Å². The summed E-state index contributed by atoms with van der Waals surface area (Å²) >= 11 is 11.2. The smallest absolute Gasteiger partial charge is 0.270 e. The van der Waals surface area contributed by atoms with Crippen molar-refractivity contribution in [1.29, 1.82) is 0 Å². The number of aromatic nitrogens is 1. The Balaban J connectivity index is 1.64. The summed E-state index contributed by atoms with van der Waals surface area (Å²) in [6.45, 7) is 0. The molecule has 0 atom stereocenters. The van der Waals surface area contributed by atoms with Gasteiger partial charge in [0, 0.05) is 22.2 Å². The fourth-order valence-corrected chi connectivity index (χ4v) is 5.64. The minimum absolute atomic E-state index is 0.0615. The lowest BCUT2D eigenvalue weighted by atomic mass is 10.1. The van der Waals surface area contributed by atoms with E-state index in [1.54, 1.807) is 66.7 Å². The van der Waals surface area contributed by atoms with Crippen molar-refractivity contribution in [3.8, 4) is 0 Å². The van der Waals surface area contributed by atoms with E-state index in [1.165, 1.54) is 29.3 Å². The number of amides is 2. The van der Waals surface area contributed by atoms with Crippen molar-refractivity contribution in [3.05, 3.63) is 101 Å². The molecule has 1 fully saturated rings. The van der Waals surface area contributed by atoms with Gasteiger partial charge in [0.05, 0.1) is 16.1 Å². The number of rotatable bonds is 4. The molecule has 7 nitrogen and oxygen atoms in total. The molecular formula is C25H16ClN3O4S2. The number of carbonyl (C=O) groups is 2. The van der Waals surface area contributed by atoms with Crippen molar-refractivity contribution in [2.75, 3.05) is 4.90 Å². The molecule has 3 aromatic carbocycles. The summed E-state index contributed by atoms with van der Waals surface area (Å²) in [5.74, 6) is -1.31. The van der Waals surface area contributed by atoms with E-state index in [0.717, 1.165) is 3.97 Å². The first-order chi connectivity index (χ1) is 16.8. The molecule has 174 valence electrons. The summed E-state index contributed by atoms with van der Waals surface area (Å²) in [6.07, 6.45) is 2.78. The second-order valence-electron chi connectivity index (χ2n) is 7.65. The van der Waals surface area contributed by atoms with E-state index in [1.807, 2.05) is 0 Å². The van der Waals surface area contributed by atoms with Crippen LogP contribution in [0.15, 0.2) is 95.5 Å². The lowest BCUT2D eigenvalue weighted by Crippen LogP contribution is -2.54. The normalized spacial score (nSPS) is 15.6. The summed E-state index contributed by atoms with van der Waals surface area (Å²) in [5, 5.41) is 3.51. The number of halogens is 1. The van der Waals surface area contributed by atoms with E-state index in [2.05, 4.69) is 5.32 Å². The van der Waals surface area contributed by atoms with E-state index in [-0.39, 0.29) is 15.6 Å². The first kappa shape index (κ1) is 23.0. The molecular weight excluding hydrogens is 506 g/mol. The van der Waals surface area contributed by atoms with E-state index in [9.17, 15) is 18.0 Å². The molecule has 2 heterocycles. The lowest BCUT2D eigenvalue weighted by Gasteiger charge is -2.28. The molecule has 0 unspecified atom stereocenters. The van der Waals surface area contributed by atoms with Crippen LogP contribution in [0.2, 0.25) is 5.02 Å². The SMILES string of the molecule is O=C1NC(=S)N(c2ccc(Cl)cc2)C(=O)/C1=C/c1cn(S(=O)(=O)c2ccccc2)c2ccccc12. The largest absolute Gasteiger partial charge is 0.298 e. The minimum Gasteiger partial charge on any atom is -0.298 e. The van der Waals surface area contributed by atoms with Gasteiger partial charge < -0.3 is 0 Å². The molecule has 1 aromatic heterocycles. The van der Waals surface area contributed by atoms with Crippen LogP contribution in [-0.4, -0.2) is 29.3 Å². The molecule has 10 heteroatoms. The van der Waals surface area contributed by atoms with E-state index >= 15 is 0 Å². The van der Waals surface area contributed by atoms with Gasteiger partial charge in [-0.1, -0.05) is 48.0 Å². The number of thiocarbonyl (C=S) groups is 1. The van der Waals surface area contributed by atoms with Crippen LogP contribution in [0.4, 0.5) is 5.69 Å². The molecule has 1 N–H and O–H groups in total. The van der Waals surface area contributed by atoms with Crippen molar-refractivity contribution >= 4 is 73.4 Å². The zero-order valence-electron chi connectivity index (χ0n) is 17.9. The molecule has 0 radical (unpaired) electrons. The minimum atomic E-state index is -3.92. The fourth-order valence-electron chi connectivity index (χ4n) is 3.83. The number of hydrogen-bond acceptors (Lipinski definition) is 5.